The smallest absolute Gasteiger partial charge is 0.411 e. The molecule has 1 atom stereocenters. The van der Waals surface area contributed by atoms with Crippen molar-refractivity contribution in [3.63, 3.8) is 0 Å². The molecule has 0 amide bonds. The van der Waals surface area contributed by atoms with Crippen molar-refractivity contribution in [1.82, 2.24) is 15.0 Å². The number of nitrogens with zero attached hydrogens (tertiary/aromatic N) is 3. The monoisotopic (exact) mass is 549 g/mol. The van der Waals surface area contributed by atoms with Crippen molar-refractivity contribution in [3.05, 3.63) is 71.8 Å². The first-order chi connectivity index (χ1) is 18.0. The molecule has 1 aliphatic carbocycles. The minimum absolute atomic E-state index is 0.0108. The normalized spacial score (nSPS) is 15.2. The SMILES string of the molecule is O=S([O-])Nc1cc(CNc2nc(NC3(C(F)(F)F)CC3)c3nc(-c4ccc(F)cc4)ccc3n2)ccc1F. The minimum Gasteiger partial charge on any atom is -0.755 e. The summed E-state index contributed by atoms with van der Waals surface area (Å²) < 4.78 is 92.1. The van der Waals surface area contributed by atoms with Crippen LogP contribution in [0.4, 0.5) is 39.4 Å². The van der Waals surface area contributed by atoms with Crippen LogP contribution in [0.5, 0.6) is 0 Å². The number of anilines is 3. The second-order valence-corrected chi connectivity index (χ2v) is 9.35. The largest absolute Gasteiger partial charge is 0.755 e. The van der Waals surface area contributed by atoms with E-state index in [2.05, 4.69) is 25.6 Å². The van der Waals surface area contributed by atoms with Gasteiger partial charge < -0.3 is 19.9 Å². The van der Waals surface area contributed by atoms with E-state index in [1.807, 2.05) is 4.72 Å². The van der Waals surface area contributed by atoms with Gasteiger partial charge in [0.25, 0.3) is 0 Å². The second kappa shape index (κ2) is 9.76. The van der Waals surface area contributed by atoms with Crippen molar-refractivity contribution in [2.45, 2.75) is 31.1 Å². The maximum atomic E-state index is 13.8. The quantitative estimate of drug-likeness (QED) is 0.202. The van der Waals surface area contributed by atoms with Gasteiger partial charge in [-0.2, -0.15) is 18.2 Å². The van der Waals surface area contributed by atoms with Gasteiger partial charge in [0.2, 0.25) is 5.95 Å². The third kappa shape index (κ3) is 5.36. The first-order valence-electron chi connectivity index (χ1n) is 11.2. The number of aromatic nitrogens is 3. The van der Waals surface area contributed by atoms with Gasteiger partial charge in [-0.25, -0.2) is 18.7 Å². The zero-order valence-electron chi connectivity index (χ0n) is 19.3. The molecule has 14 heteroatoms. The summed E-state index contributed by atoms with van der Waals surface area (Å²) in [6.45, 7) is 0.0108. The number of alkyl halides is 3. The molecule has 1 saturated carbocycles. The number of fused-ring (bicyclic) bond motifs is 1. The molecule has 2 aromatic carbocycles. The van der Waals surface area contributed by atoms with Crippen LogP contribution in [-0.2, 0) is 17.8 Å². The molecule has 0 spiro atoms. The molecule has 3 N–H and O–H groups in total. The van der Waals surface area contributed by atoms with E-state index in [1.165, 1.54) is 36.4 Å². The van der Waals surface area contributed by atoms with Crippen LogP contribution in [0.15, 0.2) is 54.6 Å². The highest BCUT2D eigenvalue weighted by molar-refractivity contribution is 7.80. The molecule has 0 aliphatic heterocycles. The summed E-state index contributed by atoms with van der Waals surface area (Å²) in [4.78, 5) is 13.1. The molecule has 1 unspecified atom stereocenters. The Bertz CT molecular complexity index is 1530. The number of rotatable bonds is 8. The Morgan fingerprint density at radius 2 is 1.71 bits per heavy atom. The lowest BCUT2D eigenvalue weighted by Crippen LogP contribution is -2.39. The van der Waals surface area contributed by atoms with Gasteiger partial charge in [0.15, 0.2) is 5.82 Å². The fraction of sp³-hybridized carbons (Fsp3) is 0.208. The number of hydrogen-bond acceptors (Lipinski definition) is 7. The van der Waals surface area contributed by atoms with E-state index in [1.54, 1.807) is 12.1 Å². The molecular weight excluding hydrogens is 531 g/mol. The molecule has 2 heterocycles. The Kier molecular flexibility index (Phi) is 6.61. The zero-order valence-corrected chi connectivity index (χ0v) is 20.1. The Labute approximate surface area is 215 Å². The van der Waals surface area contributed by atoms with E-state index in [0.29, 0.717) is 16.8 Å². The third-order valence-corrected chi connectivity index (χ3v) is 6.39. The topological polar surface area (TPSA) is 115 Å². The summed E-state index contributed by atoms with van der Waals surface area (Å²) in [5.41, 5.74) is -0.655. The molecule has 0 bridgehead atoms. The molecule has 1 aliphatic rings. The van der Waals surface area contributed by atoms with Gasteiger partial charge >= 0.3 is 6.18 Å². The molecule has 38 heavy (non-hydrogen) atoms. The van der Waals surface area contributed by atoms with Gasteiger partial charge in [0.05, 0.1) is 16.9 Å². The van der Waals surface area contributed by atoms with Crippen molar-refractivity contribution in [3.8, 4) is 11.3 Å². The molecule has 5 rings (SSSR count). The second-order valence-electron chi connectivity index (χ2n) is 8.68. The van der Waals surface area contributed by atoms with Crippen molar-refractivity contribution in [1.29, 1.82) is 0 Å². The summed E-state index contributed by atoms with van der Waals surface area (Å²) in [6, 6.07) is 12.4. The van der Waals surface area contributed by atoms with Crippen LogP contribution < -0.4 is 15.4 Å². The van der Waals surface area contributed by atoms with Crippen LogP contribution in [0.2, 0.25) is 0 Å². The van der Waals surface area contributed by atoms with Crippen molar-refractivity contribution >= 4 is 39.8 Å². The summed E-state index contributed by atoms with van der Waals surface area (Å²) in [5.74, 6) is -1.39. The number of hydrogen-bond donors (Lipinski definition) is 3. The number of nitrogens with one attached hydrogen (secondary N) is 3. The fourth-order valence-corrected chi connectivity index (χ4v) is 4.16. The van der Waals surface area contributed by atoms with Crippen LogP contribution in [0.25, 0.3) is 22.3 Å². The Balaban J connectivity index is 1.50. The van der Waals surface area contributed by atoms with Crippen molar-refractivity contribution in [2.75, 3.05) is 15.4 Å². The third-order valence-electron chi connectivity index (χ3n) is 6.01. The summed E-state index contributed by atoms with van der Waals surface area (Å²) >= 11 is -2.73. The number of halogens is 5. The van der Waals surface area contributed by atoms with Gasteiger partial charge in [0.1, 0.15) is 22.7 Å². The van der Waals surface area contributed by atoms with Crippen molar-refractivity contribution < 1.29 is 30.7 Å². The van der Waals surface area contributed by atoms with Gasteiger partial charge in [-0.15, -0.1) is 0 Å². The van der Waals surface area contributed by atoms with E-state index >= 15 is 0 Å². The molecule has 0 saturated heterocycles. The highest BCUT2D eigenvalue weighted by atomic mass is 32.2. The van der Waals surface area contributed by atoms with Crippen LogP contribution in [0, 0.1) is 11.6 Å². The molecular formula is C24H18F5N6O2S-. The minimum atomic E-state index is -4.52. The first kappa shape index (κ1) is 25.7. The van der Waals surface area contributed by atoms with E-state index in [-0.39, 0.29) is 47.9 Å². The van der Waals surface area contributed by atoms with Crippen LogP contribution in [0.3, 0.4) is 0 Å². The molecule has 0 radical (unpaired) electrons. The van der Waals surface area contributed by atoms with E-state index in [4.69, 9.17) is 0 Å². The molecule has 2 aromatic heterocycles. The van der Waals surface area contributed by atoms with Crippen LogP contribution >= 0.6 is 0 Å². The number of pyridine rings is 1. The average Bonchev–Trinajstić information content (AvgIpc) is 3.65. The zero-order chi connectivity index (χ0) is 27.1. The van der Waals surface area contributed by atoms with Crippen LogP contribution in [0.1, 0.15) is 18.4 Å². The average molecular weight is 550 g/mol. The van der Waals surface area contributed by atoms with E-state index in [0.717, 1.165) is 6.07 Å². The fourth-order valence-electron chi connectivity index (χ4n) is 3.82. The van der Waals surface area contributed by atoms with E-state index < -0.39 is 34.6 Å². The molecule has 1 fully saturated rings. The Morgan fingerprint density at radius 3 is 2.37 bits per heavy atom. The summed E-state index contributed by atoms with van der Waals surface area (Å²) in [5, 5.41) is 5.38. The van der Waals surface area contributed by atoms with Gasteiger partial charge in [-0.1, -0.05) is 6.07 Å². The van der Waals surface area contributed by atoms with E-state index in [9.17, 15) is 30.7 Å². The standard InChI is InChI=1S/C24H19F5N6O2S/c25-15-4-2-14(3-5-15)17-7-8-18-20(31-17)21(34-23(9-10-23)24(27,28)29)33-22(32-18)30-12-13-1-6-16(26)19(11-13)35-38(36)37/h1-8,11,35H,9-10,12H2,(H,36,37)(H2,30,32,33,34)/p-1. The Morgan fingerprint density at radius 1 is 0.974 bits per heavy atom. The van der Waals surface area contributed by atoms with Crippen LogP contribution in [-0.4, -0.2) is 35.4 Å². The maximum Gasteiger partial charge on any atom is 0.411 e. The highest BCUT2D eigenvalue weighted by Crippen LogP contribution is 2.51. The lowest BCUT2D eigenvalue weighted by Gasteiger charge is -2.22. The lowest BCUT2D eigenvalue weighted by molar-refractivity contribution is -0.151. The van der Waals surface area contributed by atoms with Gasteiger partial charge in [-0.3, -0.25) is 4.21 Å². The van der Waals surface area contributed by atoms with Crippen molar-refractivity contribution in [2.24, 2.45) is 0 Å². The molecule has 4 aromatic rings. The molecule has 198 valence electrons. The number of benzene rings is 2. The van der Waals surface area contributed by atoms with Gasteiger partial charge in [0, 0.05) is 23.4 Å². The summed E-state index contributed by atoms with van der Waals surface area (Å²) in [7, 11) is 0. The highest BCUT2D eigenvalue weighted by Gasteiger charge is 2.64. The first-order valence-corrected chi connectivity index (χ1v) is 12.3. The van der Waals surface area contributed by atoms with Gasteiger partial charge in [-0.05, 0) is 66.9 Å². The predicted molar refractivity (Wildman–Crippen MR) is 131 cm³/mol. The predicted octanol–water partition coefficient (Wildman–Crippen LogP) is 5.29. The molecule has 8 nitrogen and oxygen atoms in total. The lowest BCUT2D eigenvalue weighted by atomic mass is 10.1. The summed E-state index contributed by atoms with van der Waals surface area (Å²) in [6.07, 6.45) is -4.78. The Hall–Kier alpha value is -3.91. The maximum absolute atomic E-state index is 13.8.